The molecule has 0 aliphatic rings. The lowest BCUT2D eigenvalue weighted by Crippen LogP contribution is -1.99. The highest BCUT2D eigenvalue weighted by Crippen LogP contribution is 2.21. The van der Waals surface area contributed by atoms with E-state index in [4.69, 9.17) is 0 Å². The Hall–Kier alpha value is -1.28. The van der Waals surface area contributed by atoms with Crippen LogP contribution in [0.3, 0.4) is 0 Å². The molecular formula is C13H12BrN. The maximum atomic E-state index is 3.51. The summed E-state index contributed by atoms with van der Waals surface area (Å²) in [6, 6.07) is 18.5. The van der Waals surface area contributed by atoms with Crippen LogP contribution in [-0.2, 0) is 6.54 Å². The number of anilines is 1. The largest absolute Gasteiger partial charge is 0.380 e. The third-order valence-electron chi connectivity index (χ3n) is 2.20. The second kappa shape index (κ2) is 4.99. The van der Waals surface area contributed by atoms with E-state index >= 15 is 0 Å². The van der Waals surface area contributed by atoms with E-state index in [9.17, 15) is 0 Å². The number of benzene rings is 2. The fourth-order valence-corrected chi connectivity index (χ4v) is 1.82. The van der Waals surface area contributed by atoms with E-state index in [2.05, 4.69) is 51.6 Å². The molecule has 0 spiro atoms. The Morgan fingerprint density at radius 2 is 1.53 bits per heavy atom. The van der Waals surface area contributed by atoms with E-state index in [0.717, 1.165) is 16.7 Å². The molecule has 0 amide bonds. The Labute approximate surface area is 98.3 Å². The maximum absolute atomic E-state index is 3.51. The first-order chi connectivity index (χ1) is 7.36. The summed E-state index contributed by atoms with van der Waals surface area (Å²) in [7, 11) is 0. The number of rotatable bonds is 3. The Kier molecular flexibility index (Phi) is 3.41. The minimum atomic E-state index is 0.851. The van der Waals surface area contributed by atoms with Crippen molar-refractivity contribution >= 4 is 21.6 Å². The third kappa shape index (κ3) is 2.83. The van der Waals surface area contributed by atoms with Gasteiger partial charge in [0.25, 0.3) is 0 Å². The normalized spacial score (nSPS) is 9.93. The lowest BCUT2D eigenvalue weighted by molar-refractivity contribution is 1.15. The van der Waals surface area contributed by atoms with Crippen molar-refractivity contribution in [2.45, 2.75) is 6.54 Å². The molecule has 2 rings (SSSR count). The minimum Gasteiger partial charge on any atom is -0.380 e. The van der Waals surface area contributed by atoms with Gasteiger partial charge < -0.3 is 5.32 Å². The lowest BCUT2D eigenvalue weighted by Gasteiger charge is -2.07. The number of hydrogen-bond donors (Lipinski definition) is 1. The van der Waals surface area contributed by atoms with Crippen molar-refractivity contribution in [3.63, 3.8) is 0 Å². The third-order valence-corrected chi connectivity index (χ3v) is 2.89. The van der Waals surface area contributed by atoms with E-state index < -0.39 is 0 Å². The van der Waals surface area contributed by atoms with Crippen molar-refractivity contribution in [3.8, 4) is 0 Å². The van der Waals surface area contributed by atoms with Crippen molar-refractivity contribution in [3.05, 3.63) is 64.6 Å². The molecular weight excluding hydrogens is 250 g/mol. The molecule has 0 aromatic heterocycles. The zero-order chi connectivity index (χ0) is 10.5. The summed E-state index contributed by atoms with van der Waals surface area (Å²) in [6.07, 6.45) is 0. The monoisotopic (exact) mass is 261 g/mol. The highest BCUT2D eigenvalue weighted by Gasteiger charge is 1.96. The Bertz CT molecular complexity index is 426. The van der Waals surface area contributed by atoms with Crippen LogP contribution in [0.1, 0.15) is 5.56 Å². The van der Waals surface area contributed by atoms with E-state index in [-0.39, 0.29) is 0 Å². The standard InChI is InChI=1S/C13H12BrN/c14-12-8-4-5-9-13(12)15-10-11-6-2-1-3-7-11/h1-9,15H,10H2. The first kappa shape index (κ1) is 10.2. The molecule has 15 heavy (non-hydrogen) atoms. The minimum absolute atomic E-state index is 0.851. The van der Waals surface area contributed by atoms with E-state index in [1.54, 1.807) is 0 Å². The van der Waals surface area contributed by atoms with Crippen LogP contribution in [0.15, 0.2) is 59.1 Å². The fraction of sp³-hybridized carbons (Fsp3) is 0.0769. The van der Waals surface area contributed by atoms with Gasteiger partial charge in [-0.2, -0.15) is 0 Å². The number of halogens is 1. The van der Waals surface area contributed by atoms with Crippen LogP contribution >= 0.6 is 15.9 Å². The maximum Gasteiger partial charge on any atom is 0.0487 e. The molecule has 0 saturated heterocycles. The Morgan fingerprint density at radius 1 is 0.867 bits per heavy atom. The van der Waals surface area contributed by atoms with Crippen LogP contribution in [0.5, 0.6) is 0 Å². The molecule has 0 aliphatic carbocycles. The molecule has 76 valence electrons. The first-order valence-corrected chi connectivity index (χ1v) is 5.68. The molecule has 0 saturated carbocycles. The smallest absolute Gasteiger partial charge is 0.0487 e. The van der Waals surface area contributed by atoms with Crippen LogP contribution in [-0.4, -0.2) is 0 Å². The van der Waals surface area contributed by atoms with Crippen LogP contribution in [0.2, 0.25) is 0 Å². The molecule has 2 heteroatoms. The van der Waals surface area contributed by atoms with Gasteiger partial charge in [0.2, 0.25) is 0 Å². The SMILES string of the molecule is Brc1ccccc1NCc1ccccc1. The number of nitrogens with one attached hydrogen (secondary N) is 1. The van der Waals surface area contributed by atoms with Crippen LogP contribution in [0.25, 0.3) is 0 Å². The molecule has 0 unspecified atom stereocenters. The summed E-state index contributed by atoms with van der Waals surface area (Å²) in [5, 5.41) is 3.38. The topological polar surface area (TPSA) is 12.0 Å². The second-order valence-electron chi connectivity index (χ2n) is 3.32. The molecule has 2 aromatic rings. The average Bonchev–Trinajstić information content (AvgIpc) is 2.29. The summed E-state index contributed by atoms with van der Waals surface area (Å²) >= 11 is 3.51. The summed E-state index contributed by atoms with van der Waals surface area (Å²) in [6.45, 7) is 0.851. The number of hydrogen-bond acceptors (Lipinski definition) is 1. The summed E-state index contributed by atoms with van der Waals surface area (Å²) < 4.78 is 1.10. The summed E-state index contributed by atoms with van der Waals surface area (Å²) in [4.78, 5) is 0. The zero-order valence-electron chi connectivity index (χ0n) is 8.28. The predicted molar refractivity (Wildman–Crippen MR) is 67.9 cm³/mol. The van der Waals surface area contributed by atoms with Crippen molar-refractivity contribution in [2.24, 2.45) is 0 Å². The molecule has 0 atom stereocenters. The molecule has 0 radical (unpaired) electrons. The van der Waals surface area contributed by atoms with Gasteiger partial charge in [-0.15, -0.1) is 0 Å². The van der Waals surface area contributed by atoms with Crippen molar-refractivity contribution < 1.29 is 0 Å². The van der Waals surface area contributed by atoms with E-state index in [1.165, 1.54) is 5.56 Å². The van der Waals surface area contributed by atoms with Crippen LogP contribution in [0, 0.1) is 0 Å². The fourth-order valence-electron chi connectivity index (χ4n) is 1.40. The zero-order valence-corrected chi connectivity index (χ0v) is 9.87. The molecule has 0 aliphatic heterocycles. The quantitative estimate of drug-likeness (QED) is 0.879. The molecule has 0 fully saturated rings. The molecule has 0 heterocycles. The van der Waals surface area contributed by atoms with E-state index in [0.29, 0.717) is 0 Å². The summed E-state index contributed by atoms with van der Waals surface area (Å²) in [5.74, 6) is 0. The van der Waals surface area contributed by atoms with Gasteiger partial charge in [-0.25, -0.2) is 0 Å². The molecule has 2 aromatic carbocycles. The highest BCUT2D eigenvalue weighted by molar-refractivity contribution is 9.10. The van der Waals surface area contributed by atoms with Crippen molar-refractivity contribution in [1.29, 1.82) is 0 Å². The second-order valence-corrected chi connectivity index (χ2v) is 4.17. The van der Waals surface area contributed by atoms with Gasteiger partial charge in [-0.05, 0) is 33.6 Å². The van der Waals surface area contributed by atoms with Crippen LogP contribution < -0.4 is 5.32 Å². The highest BCUT2D eigenvalue weighted by atomic mass is 79.9. The Balaban J connectivity index is 2.03. The molecule has 0 bridgehead atoms. The Morgan fingerprint density at radius 3 is 2.27 bits per heavy atom. The van der Waals surface area contributed by atoms with Crippen molar-refractivity contribution in [1.82, 2.24) is 0 Å². The number of para-hydroxylation sites is 1. The van der Waals surface area contributed by atoms with Crippen LogP contribution in [0.4, 0.5) is 5.69 Å². The molecule has 1 N–H and O–H groups in total. The van der Waals surface area contributed by atoms with Crippen molar-refractivity contribution in [2.75, 3.05) is 5.32 Å². The van der Waals surface area contributed by atoms with Gasteiger partial charge in [-0.1, -0.05) is 42.5 Å². The average molecular weight is 262 g/mol. The lowest BCUT2D eigenvalue weighted by atomic mass is 10.2. The van der Waals surface area contributed by atoms with E-state index in [1.807, 2.05) is 24.3 Å². The van der Waals surface area contributed by atoms with Gasteiger partial charge in [0.1, 0.15) is 0 Å². The van der Waals surface area contributed by atoms with Gasteiger partial charge in [-0.3, -0.25) is 0 Å². The first-order valence-electron chi connectivity index (χ1n) is 4.88. The van der Waals surface area contributed by atoms with Gasteiger partial charge >= 0.3 is 0 Å². The molecule has 1 nitrogen and oxygen atoms in total. The van der Waals surface area contributed by atoms with Gasteiger partial charge in [0.05, 0.1) is 0 Å². The summed E-state index contributed by atoms with van der Waals surface area (Å²) in [5.41, 5.74) is 2.41. The van der Waals surface area contributed by atoms with Gasteiger partial charge in [0.15, 0.2) is 0 Å². The van der Waals surface area contributed by atoms with Gasteiger partial charge in [0, 0.05) is 16.7 Å². The predicted octanol–water partition coefficient (Wildman–Crippen LogP) is 4.06.